The van der Waals surface area contributed by atoms with Gasteiger partial charge in [0.05, 0.1) is 11.7 Å². The number of rotatable bonds is 0. The van der Waals surface area contributed by atoms with E-state index in [4.69, 9.17) is 0 Å². The van der Waals surface area contributed by atoms with Gasteiger partial charge in [0.25, 0.3) is 0 Å². The second-order valence-corrected chi connectivity index (χ2v) is 5.62. The van der Waals surface area contributed by atoms with Crippen molar-refractivity contribution in [1.82, 2.24) is 4.90 Å². The summed E-state index contributed by atoms with van der Waals surface area (Å²) in [5.74, 6) is 0.0250. The van der Waals surface area contributed by atoms with Gasteiger partial charge in [0.1, 0.15) is 0 Å². The highest BCUT2D eigenvalue weighted by molar-refractivity contribution is 5.81. The van der Waals surface area contributed by atoms with Crippen molar-refractivity contribution in [3.05, 3.63) is 0 Å². The maximum Gasteiger partial charge on any atom is 0.228 e. The van der Waals surface area contributed by atoms with Gasteiger partial charge in [0.2, 0.25) is 5.91 Å². The molecule has 15 heavy (non-hydrogen) atoms. The van der Waals surface area contributed by atoms with Crippen LogP contribution in [-0.4, -0.2) is 45.8 Å². The first-order valence-electron chi connectivity index (χ1n) is 5.34. The minimum Gasteiger partial charge on any atom is -0.388 e. The lowest BCUT2D eigenvalue weighted by molar-refractivity contribution is -0.153. The Bertz CT molecular complexity index is 255. The van der Waals surface area contributed by atoms with Crippen LogP contribution >= 0.6 is 0 Å². The van der Waals surface area contributed by atoms with Crippen molar-refractivity contribution in [1.29, 1.82) is 0 Å². The molecule has 1 aliphatic heterocycles. The highest BCUT2D eigenvalue weighted by atomic mass is 16.3. The Balaban J connectivity index is 2.67. The zero-order chi connectivity index (χ0) is 11.9. The number of likely N-dealkylation sites (tertiary alicyclic amines) is 1. The van der Waals surface area contributed by atoms with Crippen LogP contribution in [0.15, 0.2) is 0 Å². The molecule has 0 saturated carbocycles. The molecule has 0 aromatic carbocycles. The Morgan fingerprint density at radius 2 is 2.00 bits per heavy atom. The number of hydrogen-bond donors (Lipinski definition) is 2. The molecule has 2 atom stereocenters. The Morgan fingerprint density at radius 3 is 2.40 bits per heavy atom. The second-order valence-electron chi connectivity index (χ2n) is 5.62. The van der Waals surface area contributed by atoms with E-state index < -0.39 is 17.1 Å². The van der Waals surface area contributed by atoms with Crippen LogP contribution < -0.4 is 0 Å². The van der Waals surface area contributed by atoms with Gasteiger partial charge in [-0.05, 0) is 13.3 Å². The first kappa shape index (κ1) is 12.5. The fraction of sp³-hybridized carbons (Fsp3) is 0.909. The highest BCUT2D eigenvalue weighted by Gasteiger charge is 2.39. The van der Waals surface area contributed by atoms with E-state index in [1.807, 2.05) is 20.8 Å². The molecule has 1 heterocycles. The molecular formula is C11H21NO3. The van der Waals surface area contributed by atoms with Crippen molar-refractivity contribution in [2.75, 3.05) is 13.1 Å². The van der Waals surface area contributed by atoms with Gasteiger partial charge < -0.3 is 15.1 Å². The van der Waals surface area contributed by atoms with Crippen LogP contribution in [0.3, 0.4) is 0 Å². The minimum atomic E-state index is -1.06. The topological polar surface area (TPSA) is 60.8 Å². The third kappa shape index (κ3) is 2.69. The van der Waals surface area contributed by atoms with Gasteiger partial charge in [-0.2, -0.15) is 0 Å². The third-order valence-electron chi connectivity index (χ3n) is 2.93. The number of aliphatic hydroxyl groups is 2. The standard InChI is InChI=1S/C11H21NO3/c1-10(2,3)9(14)12-6-5-11(4,15)8(13)7-12/h8,13,15H,5-7H2,1-4H3/t8-,11+/m0/s1. The predicted octanol–water partition coefficient (Wildman–Crippen LogP) is 0.377. The van der Waals surface area contributed by atoms with Crippen molar-refractivity contribution >= 4 is 5.91 Å². The van der Waals surface area contributed by atoms with E-state index in [1.54, 1.807) is 11.8 Å². The number of amides is 1. The Kier molecular flexibility index (Phi) is 3.12. The summed E-state index contributed by atoms with van der Waals surface area (Å²) < 4.78 is 0. The summed E-state index contributed by atoms with van der Waals surface area (Å²) in [4.78, 5) is 13.5. The van der Waals surface area contributed by atoms with E-state index in [0.29, 0.717) is 13.0 Å². The van der Waals surface area contributed by atoms with Gasteiger partial charge in [-0.3, -0.25) is 4.79 Å². The van der Waals surface area contributed by atoms with Crippen LogP contribution in [0.4, 0.5) is 0 Å². The van der Waals surface area contributed by atoms with E-state index in [-0.39, 0.29) is 12.5 Å². The highest BCUT2D eigenvalue weighted by Crippen LogP contribution is 2.25. The van der Waals surface area contributed by atoms with Crippen molar-refractivity contribution in [2.45, 2.75) is 45.8 Å². The van der Waals surface area contributed by atoms with Crippen LogP contribution in [0.1, 0.15) is 34.1 Å². The zero-order valence-corrected chi connectivity index (χ0v) is 9.95. The van der Waals surface area contributed by atoms with Gasteiger partial charge in [-0.1, -0.05) is 20.8 Å². The molecule has 0 aliphatic carbocycles. The lowest BCUT2D eigenvalue weighted by atomic mass is 9.88. The van der Waals surface area contributed by atoms with Crippen LogP contribution in [0.5, 0.6) is 0 Å². The molecule has 0 spiro atoms. The third-order valence-corrected chi connectivity index (χ3v) is 2.93. The molecular weight excluding hydrogens is 194 g/mol. The molecule has 0 unspecified atom stereocenters. The van der Waals surface area contributed by atoms with Crippen molar-refractivity contribution in [3.8, 4) is 0 Å². The van der Waals surface area contributed by atoms with Crippen LogP contribution in [0, 0.1) is 5.41 Å². The van der Waals surface area contributed by atoms with Gasteiger partial charge in [-0.25, -0.2) is 0 Å². The summed E-state index contributed by atoms with van der Waals surface area (Å²) in [6.45, 7) is 7.91. The lowest BCUT2D eigenvalue weighted by Gasteiger charge is -2.41. The molecule has 2 N–H and O–H groups in total. The summed E-state index contributed by atoms with van der Waals surface area (Å²) in [7, 11) is 0. The van der Waals surface area contributed by atoms with Gasteiger partial charge in [0.15, 0.2) is 0 Å². The first-order valence-corrected chi connectivity index (χ1v) is 5.34. The summed E-state index contributed by atoms with van der Waals surface area (Å²) >= 11 is 0. The van der Waals surface area contributed by atoms with Crippen LogP contribution in [0.2, 0.25) is 0 Å². The van der Waals surface area contributed by atoms with Crippen molar-refractivity contribution in [2.24, 2.45) is 5.41 Å². The molecule has 0 radical (unpaired) electrons. The number of carbonyl (C=O) groups excluding carboxylic acids is 1. The monoisotopic (exact) mass is 215 g/mol. The molecule has 88 valence electrons. The maximum absolute atomic E-state index is 11.9. The smallest absolute Gasteiger partial charge is 0.228 e. The van der Waals surface area contributed by atoms with Crippen molar-refractivity contribution < 1.29 is 15.0 Å². The Labute approximate surface area is 90.9 Å². The molecule has 4 heteroatoms. The van der Waals surface area contributed by atoms with Crippen molar-refractivity contribution in [3.63, 3.8) is 0 Å². The van der Waals surface area contributed by atoms with E-state index in [2.05, 4.69) is 0 Å². The SMILES string of the molecule is CC(C)(C)C(=O)N1CC[C@@](C)(O)[C@@H](O)C1. The fourth-order valence-corrected chi connectivity index (χ4v) is 1.68. The van der Waals surface area contributed by atoms with E-state index >= 15 is 0 Å². The minimum absolute atomic E-state index is 0.0250. The quantitative estimate of drug-likeness (QED) is 0.614. The summed E-state index contributed by atoms with van der Waals surface area (Å²) in [5.41, 5.74) is -1.49. The normalized spacial score (nSPS) is 32.9. The number of piperidine rings is 1. The van der Waals surface area contributed by atoms with E-state index in [1.165, 1.54) is 0 Å². The first-order chi connectivity index (χ1) is 6.64. The number of aliphatic hydroxyl groups excluding tert-OH is 1. The zero-order valence-electron chi connectivity index (χ0n) is 9.95. The van der Waals surface area contributed by atoms with Crippen LogP contribution in [-0.2, 0) is 4.79 Å². The molecule has 1 rings (SSSR count). The summed E-state index contributed by atoms with van der Waals surface area (Å²) in [6.07, 6.45) is -0.423. The van der Waals surface area contributed by atoms with Gasteiger partial charge in [0, 0.05) is 18.5 Å². The number of β-amino-alcohol motifs (C(OH)–C–C–N with tert-alkyl or cyclic N) is 1. The average Bonchev–Trinajstić information content (AvgIpc) is 2.07. The predicted molar refractivity (Wildman–Crippen MR) is 57.3 cm³/mol. The summed E-state index contributed by atoms with van der Waals surface area (Å²) in [6, 6.07) is 0. The molecule has 0 aromatic rings. The molecule has 0 bridgehead atoms. The van der Waals surface area contributed by atoms with E-state index in [0.717, 1.165) is 0 Å². The maximum atomic E-state index is 11.9. The number of nitrogens with zero attached hydrogens (tertiary/aromatic N) is 1. The molecule has 1 amide bonds. The molecule has 1 aliphatic rings. The molecule has 4 nitrogen and oxygen atoms in total. The van der Waals surface area contributed by atoms with E-state index in [9.17, 15) is 15.0 Å². The summed E-state index contributed by atoms with van der Waals surface area (Å²) in [5, 5.41) is 19.4. The largest absolute Gasteiger partial charge is 0.388 e. The molecule has 1 saturated heterocycles. The average molecular weight is 215 g/mol. The fourth-order valence-electron chi connectivity index (χ4n) is 1.68. The molecule has 0 aromatic heterocycles. The van der Waals surface area contributed by atoms with Gasteiger partial charge >= 0.3 is 0 Å². The van der Waals surface area contributed by atoms with Crippen LogP contribution in [0.25, 0.3) is 0 Å². The van der Waals surface area contributed by atoms with Gasteiger partial charge in [-0.15, -0.1) is 0 Å². The molecule has 1 fully saturated rings. The number of hydrogen-bond acceptors (Lipinski definition) is 3. The second kappa shape index (κ2) is 3.76. The Hall–Kier alpha value is -0.610. The lowest BCUT2D eigenvalue weighted by Crippen LogP contribution is -2.56. The number of carbonyl (C=O) groups is 1. The Morgan fingerprint density at radius 1 is 1.47 bits per heavy atom.